The van der Waals surface area contributed by atoms with Crippen LogP contribution >= 0.6 is 0 Å². The first-order chi connectivity index (χ1) is 7.16. The summed E-state index contributed by atoms with van der Waals surface area (Å²) in [5.41, 5.74) is 2.15. The molecule has 0 spiro atoms. The summed E-state index contributed by atoms with van der Waals surface area (Å²) in [6, 6.07) is 5.93. The lowest BCUT2D eigenvalue weighted by Gasteiger charge is -2.08. The van der Waals surface area contributed by atoms with Crippen LogP contribution in [-0.2, 0) is 11.2 Å². The molecule has 2 rings (SSSR count). The van der Waals surface area contributed by atoms with Gasteiger partial charge in [-0.1, -0.05) is 12.1 Å². The number of rotatable bonds is 1. The number of hydrogen-bond donors (Lipinski definition) is 1. The third-order valence-electron chi connectivity index (χ3n) is 2.76. The second-order valence-electron chi connectivity index (χ2n) is 3.99. The van der Waals surface area contributed by atoms with Crippen molar-refractivity contribution in [3.8, 4) is 5.75 Å². The van der Waals surface area contributed by atoms with Gasteiger partial charge in [-0.05, 0) is 37.0 Å². The van der Waals surface area contributed by atoms with Crippen molar-refractivity contribution in [2.45, 2.75) is 19.8 Å². The largest absolute Gasteiger partial charge is 0.493 e. The first-order valence-corrected chi connectivity index (χ1v) is 5.12. The third-order valence-corrected chi connectivity index (χ3v) is 2.76. The molecule has 0 saturated heterocycles. The molecule has 0 bridgehead atoms. The fourth-order valence-electron chi connectivity index (χ4n) is 1.85. The number of benzene rings is 1. The Morgan fingerprint density at radius 2 is 2.33 bits per heavy atom. The van der Waals surface area contributed by atoms with E-state index in [1.165, 1.54) is 0 Å². The highest BCUT2D eigenvalue weighted by Gasteiger charge is 2.22. The van der Waals surface area contributed by atoms with E-state index in [1.54, 1.807) is 0 Å². The van der Waals surface area contributed by atoms with Gasteiger partial charge in [0.05, 0.1) is 12.5 Å². The van der Waals surface area contributed by atoms with Crippen LogP contribution in [0.25, 0.3) is 0 Å². The van der Waals surface area contributed by atoms with Crippen LogP contribution in [0.5, 0.6) is 5.75 Å². The van der Waals surface area contributed by atoms with E-state index in [4.69, 9.17) is 9.84 Å². The number of aliphatic carboxylic acids is 1. The standard InChI is InChI=1S/C12H14O3/c1-8-2-3-9-7-10(12(13)14)4-5-15-11(9)6-8/h2-3,6,10H,4-5,7H2,1H3,(H,13,14). The van der Waals surface area contributed by atoms with E-state index in [2.05, 4.69) is 0 Å². The molecule has 0 radical (unpaired) electrons. The van der Waals surface area contributed by atoms with Crippen LogP contribution in [0, 0.1) is 12.8 Å². The highest BCUT2D eigenvalue weighted by atomic mass is 16.5. The summed E-state index contributed by atoms with van der Waals surface area (Å²) in [7, 11) is 0. The monoisotopic (exact) mass is 206 g/mol. The topological polar surface area (TPSA) is 46.5 Å². The molecule has 3 nitrogen and oxygen atoms in total. The Kier molecular flexibility index (Phi) is 2.62. The van der Waals surface area contributed by atoms with Crippen LogP contribution in [0.15, 0.2) is 18.2 Å². The predicted octanol–water partition coefficient (Wildman–Crippen LogP) is 2.02. The summed E-state index contributed by atoms with van der Waals surface area (Å²) < 4.78 is 5.55. The van der Waals surface area contributed by atoms with Gasteiger partial charge < -0.3 is 9.84 Å². The lowest BCUT2D eigenvalue weighted by atomic mass is 9.96. The highest BCUT2D eigenvalue weighted by Crippen LogP contribution is 2.27. The summed E-state index contributed by atoms with van der Waals surface area (Å²) in [4.78, 5) is 10.9. The third kappa shape index (κ3) is 2.12. The van der Waals surface area contributed by atoms with E-state index in [0.29, 0.717) is 19.4 Å². The second kappa shape index (κ2) is 3.93. The fraction of sp³-hybridized carbons (Fsp3) is 0.417. The SMILES string of the molecule is Cc1ccc2c(c1)OCCC(C(=O)O)C2. The molecule has 0 aliphatic carbocycles. The van der Waals surface area contributed by atoms with Gasteiger partial charge in [0, 0.05) is 0 Å². The minimum absolute atomic E-state index is 0.311. The lowest BCUT2D eigenvalue weighted by molar-refractivity contribution is -0.142. The van der Waals surface area contributed by atoms with E-state index in [-0.39, 0.29) is 5.92 Å². The summed E-state index contributed by atoms with van der Waals surface area (Å²) in [5.74, 6) is -0.195. The Balaban J connectivity index is 2.29. The zero-order chi connectivity index (χ0) is 10.8. The van der Waals surface area contributed by atoms with Crippen LogP contribution in [0.4, 0.5) is 0 Å². The molecule has 1 atom stereocenters. The molecule has 1 heterocycles. The quantitative estimate of drug-likeness (QED) is 0.764. The molecule has 1 aliphatic heterocycles. The second-order valence-corrected chi connectivity index (χ2v) is 3.99. The Bertz CT molecular complexity index is 384. The maximum Gasteiger partial charge on any atom is 0.306 e. The van der Waals surface area contributed by atoms with Crippen molar-refractivity contribution in [2.75, 3.05) is 6.61 Å². The van der Waals surface area contributed by atoms with Crippen LogP contribution in [0.3, 0.4) is 0 Å². The minimum Gasteiger partial charge on any atom is -0.493 e. The van der Waals surface area contributed by atoms with Crippen molar-refractivity contribution >= 4 is 5.97 Å². The Hall–Kier alpha value is -1.51. The van der Waals surface area contributed by atoms with E-state index in [9.17, 15) is 4.79 Å². The van der Waals surface area contributed by atoms with Crippen molar-refractivity contribution in [1.29, 1.82) is 0 Å². The van der Waals surface area contributed by atoms with Crippen molar-refractivity contribution in [3.63, 3.8) is 0 Å². The molecule has 0 aromatic heterocycles. The summed E-state index contributed by atoms with van der Waals surface area (Å²) in [6.45, 7) is 2.50. The Labute approximate surface area is 88.7 Å². The number of hydrogen-bond acceptors (Lipinski definition) is 2. The maximum atomic E-state index is 10.9. The highest BCUT2D eigenvalue weighted by molar-refractivity contribution is 5.70. The average Bonchev–Trinajstić information content (AvgIpc) is 2.39. The zero-order valence-electron chi connectivity index (χ0n) is 8.69. The van der Waals surface area contributed by atoms with Gasteiger partial charge in [0.25, 0.3) is 0 Å². The smallest absolute Gasteiger partial charge is 0.306 e. The number of carbonyl (C=O) groups is 1. The van der Waals surface area contributed by atoms with Crippen molar-refractivity contribution in [1.82, 2.24) is 0 Å². The minimum atomic E-state index is -0.730. The van der Waals surface area contributed by atoms with Gasteiger partial charge >= 0.3 is 5.97 Å². The van der Waals surface area contributed by atoms with Gasteiger partial charge in [-0.2, -0.15) is 0 Å². The first kappa shape index (κ1) is 10.0. The number of carboxylic acids is 1. The lowest BCUT2D eigenvalue weighted by Crippen LogP contribution is -2.16. The molecular formula is C12H14O3. The molecular weight excluding hydrogens is 192 g/mol. The zero-order valence-corrected chi connectivity index (χ0v) is 8.69. The van der Waals surface area contributed by atoms with Crippen LogP contribution in [0.2, 0.25) is 0 Å². The van der Waals surface area contributed by atoms with Crippen LogP contribution in [-0.4, -0.2) is 17.7 Å². The molecule has 1 N–H and O–H groups in total. The molecule has 0 fully saturated rings. The van der Waals surface area contributed by atoms with Crippen LogP contribution < -0.4 is 4.74 Å². The maximum absolute atomic E-state index is 10.9. The van der Waals surface area contributed by atoms with Crippen LogP contribution in [0.1, 0.15) is 17.5 Å². The van der Waals surface area contributed by atoms with Gasteiger partial charge in [0.15, 0.2) is 0 Å². The molecule has 15 heavy (non-hydrogen) atoms. The van der Waals surface area contributed by atoms with Crippen molar-refractivity contribution in [2.24, 2.45) is 5.92 Å². The molecule has 3 heteroatoms. The van der Waals surface area contributed by atoms with Gasteiger partial charge in [0.1, 0.15) is 5.75 Å². The van der Waals surface area contributed by atoms with E-state index in [1.807, 2.05) is 25.1 Å². The molecule has 1 unspecified atom stereocenters. The number of fused-ring (bicyclic) bond motifs is 1. The molecule has 0 amide bonds. The van der Waals surface area contributed by atoms with Gasteiger partial charge in [-0.15, -0.1) is 0 Å². The van der Waals surface area contributed by atoms with E-state index in [0.717, 1.165) is 16.9 Å². The number of ether oxygens (including phenoxy) is 1. The summed E-state index contributed by atoms with van der Waals surface area (Å²) in [6.07, 6.45) is 1.16. The van der Waals surface area contributed by atoms with Gasteiger partial charge in [-0.25, -0.2) is 0 Å². The fourth-order valence-corrected chi connectivity index (χ4v) is 1.85. The van der Waals surface area contributed by atoms with E-state index >= 15 is 0 Å². The first-order valence-electron chi connectivity index (χ1n) is 5.12. The molecule has 0 saturated carbocycles. The van der Waals surface area contributed by atoms with Crippen molar-refractivity contribution < 1.29 is 14.6 Å². The number of aryl methyl sites for hydroxylation is 1. The Morgan fingerprint density at radius 1 is 1.53 bits per heavy atom. The molecule has 1 aliphatic rings. The summed E-state index contributed by atoms with van der Waals surface area (Å²) in [5, 5.41) is 8.99. The van der Waals surface area contributed by atoms with E-state index < -0.39 is 5.97 Å². The normalized spacial score (nSPS) is 19.9. The molecule has 80 valence electrons. The average molecular weight is 206 g/mol. The predicted molar refractivity (Wildman–Crippen MR) is 56.1 cm³/mol. The van der Waals surface area contributed by atoms with Gasteiger partial charge in [0.2, 0.25) is 0 Å². The Morgan fingerprint density at radius 3 is 3.07 bits per heavy atom. The summed E-state index contributed by atoms with van der Waals surface area (Å²) >= 11 is 0. The molecule has 1 aromatic carbocycles. The van der Waals surface area contributed by atoms with Crippen molar-refractivity contribution in [3.05, 3.63) is 29.3 Å². The molecule has 1 aromatic rings. The van der Waals surface area contributed by atoms with Gasteiger partial charge in [-0.3, -0.25) is 4.79 Å². The number of carboxylic acid groups (broad SMARTS) is 1.